The van der Waals surface area contributed by atoms with Gasteiger partial charge in [0.15, 0.2) is 23.0 Å². The molecule has 5 nitrogen and oxygen atoms in total. The molecule has 0 amide bonds. The van der Waals surface area contributed by atoms with Gasteiger partial charge in [-0.15, -0.1) is 0 Å². The Hall–Kier alpha value is -5.26. The predicted molar refractivity (Wildman–Crippen MR) is 165 cm³/mol. The van der Waals surface area contributed by atoms with Crippen LogP contribution in [0.15, 0.2) is 133 Å². The highest BCUT2D eigenvalue weighted by Crippen LogP contribution is 2.51. The van der Waals surface area contributed by atoms with Crippen molar-refractivity contribution >= 4 is 32.6 Å². The summed E-state index contributed by atoms with van der Waals surface area (Å²) in [7, 11) is 0. The average molecular weight is 534 g/mol. The van der Waals surface area contributed by atoms with Crippen molar-refractivity contribution in [2.45, 2.75) is 12.7 Å². The van der Waals surface area contributed by atoms with Crippen molar-refractivity contribution in [2.24, 2.45) is 0 Å². The van der Waals surface area contributed by atoms with Gasteiger partial charge in [0.05, 0.1) is 5.52 Å². The second-order valence-electron chi connectivity index (χ2n) is 10.3. The number of benzene rings is 6. The monoisotopic (exact) mass is 533 g/mol. The molecule has 7 aromatic rings. The molecule has 2 N–H and O–H groups in total. The Morgan fingerprint density at radius 3 is 2.02 bits per heavy atom. The van der Waals surface area contributed by atoms with Crippen molar-refractivity contribution in [3.8, 4) is 23.0 Å². The molecule has 0 saturated carbocycles. The molecular weight excluding hydrogens is 506 g/mol. The first kappa shape index (κ1) is 23.6. The van der Waals surface area contributed by atoms with Crippen LogP contribution in [0.1, 0.15) is 17.3 Å². The first-order valence-electron chi connectivity index (χ1n) is 13.9. The summed E-state index contributed by atoms with van der Waals surface area (Å²) in [5.74, 6) is 2.82. The molecule has 0 fully saturated rings. The second kappa shape index (κ2) is 9.73. The summed E-state index contributed by atoms with van der Waals surface area (Å²) in [5, 5.41) is 8.19. The molecule has 198 valence electrons. The molecule has 8 rings (SSSR count). The molecule has 1 aromatic heterocycles. The summed E-state index contributed by atoms with van der Waals surface area (Å²) < 4.78 is 15.3. The summed E-state index contributed by atoms with van der Waals surface area (Å²) in [5.41, 5.74) is 8.15. The maximum atomic E-state index is 6.68. The van der Waals surface area contributed by atoms with Gasteiger partial charge >= 0.3 is 0 Å². The first-order chi connectivity index (χ1) is 20.3. The van der Waals surface area contributed by atoms with Crippen molar-refractivity contribution in [1.82, 2.24) is 9.99 Å². The lowest BCUT2D eigenvalue weighted by molar-refractivity contribution is 0.363. The molecule has 0 saturated heterocycles. The molecular formula is C36H27N3O2. The molecule has 0 spiro atoms. The van der Waals surface area contributed by atoms with Gasteiger partial charge in [-0.05, 0) is 52.2 Å². The molecule has 2 heterocycles. The fraction of sp³-hybridized carbons (Fsp3) is 0.0556. The van der Waals surface area contributed by atoms with Gasteiger partial charge in [0.25, 0.3) is 0 Å². The summed E-state index contributed by atoms with van der Waals surface area (Å²) in [4.78, 5) is 0. The Bertz CT molecular complexity index is 2030. The lowest BCUT2D eigenvalue weighted by Gasteiger charge is -2.26. The number of nitrogens with one attached hydrogen (secondary N) is 2. The zero-order valence-corrected chi connectivity index (χ0v) is 22.2. The summed E-state index contributed by atoms with van der Waals surface area (Å²) in [6.07, 6.45) is -0.174. The highest BCUT2D eigenvalue weighted by Gasteiger charge is 2.26. The van der Waals surface area contributed by atoms with E-state index < -0.39 is 0 Å². The van der Waals surface area contributed by atoms with Gasteiger partial charge < -0.3 is 14.9 Å². The molecule has 5 heteroatoms. The predicted octanol–water partition coefficient (Wildman–Crippen LogP) is 8.88. The Balaban J connectivity index is 1.27. The normalized spacial score (nSPS) is 12.9. The maximum Gasteiger partial charge on any atom is 0.196 e. The molecule has 0 bridgehead atoms. The Morgan fingerprint density at radius 2 is 1.24 bits per heavy atom. The topological polar surface area (TPSA) is 47.5 Å². The molecule has 1 unspecified atom stereocenters. The van der Waals surface area contributed by atoms with E-state index >= 15 is 0 Å². The Morgan fingerprint density at radius 1 is 0.585 bits per heavy atom. The minimum absolute atomic E-state index is 0.174. The summed E-state index contributed by atoms with van der Waals surface area (Å²) >= 11 is 0. The molecule has 1 atom stereocenters. The standard InChI is InChI=1S/C36H27N3O2/c1-3-11-24(12-4-1)23-37-36(25-13-5-2-6-14-25)38-39-30-18-10-9-17-28(30)29-19-20-31-35(34(29)39)41-33-22-27-16-8-7-15-26(27)21-32(33)40-31/h1-22,36-38H,23H2. The van der Waals surface area contributed by atoms with Gasteiger partial charge in [0.2, 0.25) is 0 Å². The Labute approximate surface area is 237 Å². The fourth-order valence-corrected chi connectivity index (χ4v) is 5.74. The molecule has 1 aliphatic heterocycles. The van der Waals surface area contributed by atoms with Crippen molar-refractivity contribution in [2.75, 3.05) is 5.43 Å². The van der Waals surface area contributed by atoms with Crippen molar-refractivity contribution in [3.05, 3.63) is 145 Å². The van der Waals surface area contributed by atoms with E-state index in [9.17, 15) is 0 Å². The van der Waals surface area contributed by atoms with Crippen LogP contribution in [-0.2, 0) is 6.54 Å². The lowest BCUT2D eigenvalue weighted by Crippen LogP contribution is -2.32. The fourth-order valence-electron chi connectivity index (χ4n) is 5.74. The van der Waals surface area contributed by atoms with Gasteiger partial charge in [0, 0.05) is 17.3 Å². The van der Waals surface area contributed by atoms with Crippen LogP contribution in [0.2, 0.25) is 0 Å². The molecule has 41 heavy (non-hydrogen) atoms. The molecule has 0 aliphatic carbocycles. The third-order valence-electron chi connectivity index (χ3n) is 7.74. The molecule has 0 radical (unpaired) electrons. The zero-order chi connectivity index (χ0) is 27.2. The van der Waals surface area contributed by atoms with E-state index in [1.54, 1.807) is 0 Å². The number of hydrogen-bond donors (Lipinski definition) is 2. The van der Waals surface area contributed by atoms with E-state index in [-0.39, 0.29) is 6.17 Å². The van der Waals surface area contributed by atoms with E-state index in [2.05, 4.69) is 112 Å². The van der Waals surface area contributed by atoms with Crippen LogP contribution in [0.5, 0.6) is 23.0 Å². The van der Waals surface area contributed by atoms with Crippen LogP contribution in [-0.4, -0.2) is 4.68 Å². The number of nitrogens with zero attached hydrogens (tertiary/aromatic N) is 1. The number of para-hydroxylation sites is 1. The summed E-state index contributed by atoms with van der Waals surface area (Å²) in [6.45, 7) is 0.711. The minimum atomic E-state index is -0.174. The van der Waals surface area contributed by atoms with Crippen LogP contribution >= 0.6 is 0 Å². The van der Waals surface area contributed by atoms with E-state index in [1.165, 1.54) is 5.56 Å². The van der Waals surface area contributed by atoms with Gasteiger partial charge in [-0.3, -0.25) is 9.99 Å². The summed E-state index contributed by atoms with van der Waals surface area (Å²) in [6, 6.07) is 45.8. The first-order valence-corrected chi connectivity index (χ1v) is 13.9. The van der Waals surface area contributed by atoms with Crippen molar-refractivity contribution < 1.29 is 9.47 Å². The zero-order valence-electron chi connectivity index (χ0n) is 22.2. The third kappa shape index (κ3) is 4.15. The van der Waals surface area contributed by atoms with E-state index in [4.69, 9.17) is 9.47 Å². The largest absolute Gasteiger partial charge is 0.449 e. The van der Waals surface area contributed by atoms with Gasteiger partial charge in [-0.25, -0.2) is 0 Å². The lowest BCUT2D eigenvalue weighted by atomic mass is 10.1. The number of hydrogen-bond acceptors (Lipinski definition) is 4. The smallest absolute Gasteiger partial charge is 0.196 e. The van der Waals surface area contributed by atoms with Crippen LogP contribution in [0, 0.1) is 0 Å². The number of aromatic nitrogens is 1. The quantitative estimate of drug-likeness (QED) is 0.210. The van der Waals surface area contributed by atoms with Crippen molar-refractivity contribution in [1.29, 1.82) is 0 Å². The van der Waals surface area contributed by atoms with E-state index in [0.29, 0.717) is 23.8 Å². The number of ether oxygens (including phenoxy) is 2. The van der Waals surface area contributed by atoms with Crippen molar-refractivity contribution in [3.63, 3.8) is 0 Å². The second-order valence-corrected chi connectivity index (χ2v) is 10.3. The average Bonchev–Trinajstić information content (AvgIpc) is 3.35. The van der Waals surface area contributed by atoms with Gasteiger partial charge in [-0.2, -0.15) is 0 Å². The SMILES string of the molecule is c1ccc(CNC(Nn2c3ccccc3c3ccc4c(c32)Oc2cc3ccccc3cc2O4)c2ccccc2)cc1. The van der Waals surface area contributed by atoms with E-state index in [0.717, 1.165) is 43.9 Å². The molecule has 6 aromatic carbocycles. The third-order valence-corrected chi connectivity index (χ3v) is 7.74. The highest BCUT2D eigenvalue weighted by molar-refractivity contribution is 6.11. The maximum absolute atomic E-state index is 6.68. The van der Waals surface area contributed by atoms with E-state index in [1.807, 2.05) is 36.4 Å². The van der Waals surface area contributed by atoms with Gasteiger partial charge in [0.1, 0.15) is 11.7 Å². The molecule has 1 aliphatic rings. The Kier molecular flexibility index (Phi) is 5.61. The number of fused-ring (bicyclic) bond motifs is 7. The van der Waals surface area contributed by atoms with Crippen LogP contribution in [0.25, 0.3) is 32.6 Å². The van der Waals surface area contributed by atoms with Crippen LogP contribution in [0.3, 0.4) is 0 Å². The van der Waals surface area contributed by atoms with Crippen LogP contribution < -0.4 is 20.2 Å². The highest BCUT2D eigenvalue weighted by atomic mass is 16.6. The van der Waals surface area contributed by atoms with Gasteiger partial charge in [-0.1, -0.05) is 103 Å². The number of rotatable bonds is 6. The minimum Gasteiger partial charge on any atom is -0.449 e. The van der Waals surface area contributed by atoms with Crippen LogP contribution in [0.4, 0.5) is 0 Å².